The molecule has 2 fully saturated rings. The number of nitrogens with one attached hydrogen (secondary N) is 3. The Hall–Kier alpha value is -1.11. The van der Waals surface area contributed by atoms with Gasteiger partial charge < -0.3 is 40.0 Å². The third-order valence-electron chi connectivity index (χ3n) is 5.00. The fraction of sp³-hybridized carbons (Fsp3) is 0.900. The van der Waals surface area contributed by atoms with Crippen molar-refractivity contribution in [2.75, 3.05) is 71.8 Å². The Labute approximate surface area is 188 Å². The van der Waals surface area contributed by atoms with Crippen LogP contribution in [0.3, 0.4) is 0 Å². The third kappa shape index (κ3) is 11.4. The average molecular weight is 464 g/mol. The number of aliphatic hydroxyl groups excluding tert-OH is 1. The van der Waals surface area contributed by atoms with Crippen molar-refractivity contribution in [1.29, 1.82) is 0 Å². The van der Waals surface area contributed by atoms with Crippen LogP contribution in [-0.2, 0) is 23.7 Å². The van der Waals surface area contributed by atoms with Crippen LogP contribution < -0.4 is 16.0 Å². The zero-order valence-electron chi connectivity index (χ0n) is 18.1. The van der Waals surface area contributed by atoms with E-state index in [1.54, 1.807) is 0 Å². The van der Waals surface area contributed by atoms with E-state index in [0.29, 0.717) is 71.1 Å². The minimum Gasteiger partial charge on any atom is -0.394 e. The van der Waals surface area contributed by atoms with Crippen LogP contribution in [0.1, 0.15) is 25.7 Å². The van der Waals surface area contributed by atoms with Gasteiger partial charge in [0.05, 0.1) is 71.5 Å². The molecule has 11 heteroatoms. The predicted octanol–water partition coefficient (Wildman–Crippen LogP) is -0.113. The van der Waals surface area contributed by atoms with E-state index in [4.69, 9.17) is 24.1 Å². The molecule has 0 spiro atoms. The quantitative estimate of drug-likeness (QED) is 0.154. The van der Waals surface area contributed by atoms with Gasteiger partial charge in [0.1, 0.15) is 0 Å². The summed E-state index contributed by atoms with van der Waals surface area (Å²) in [6.07, 6.45) is 3.38. The number of amides is 3. The minimum absolute atomic E-state index is 0.0221. The van der Waals surface area contributed by atoms with Gasteiger partial charge in [-0.3, -0.25) is 4.79 Å². The summed E-state index contributed by atoms with van der Waals surface area (Å²) < 4.78 is 21.2. The lowest BCUT2D eigenvalue weighted by Crippen LogP contribution is -2.36. The summed E-state index contributed by atoms with van der Waals surface area (Å²) in [4.78, 5) is 23.3. The van der Waals surface area contributed by atoms with Gasteiger partial charge in [-0.1, -0.05) is 6.42 Å². The molecule has 180 valence electrons. The Morgan fingerprint density at radius 1 is 0.968 bits per heavy atom. The van der Waals surface area contributed by atoms with Gasteiger partial charge in [-0.15, -0.1) is 0 Å². The highest BCUT2D eigenvalue weighted by Crippen LogP contribution is 2.33. The molecule has 0 saturated carbocycles. The first-order valence-electron chi connectivity index (χ1n) is 11.1. The Morgan fingerprint density at radius 2 is 1.61 bits per heavy atom. The standard InChI is InChI=1S/C20H37N3O7S/c24-6-8-28-10-12-30-14-13-29-11-9-27-7-5-21-18(25)4-2-1-3-17-19-16(15-31-17)22-20(26)23-19/h16-17,19,24H,1-15H2,(H,21,25)(H2,22,23,26)/t16-,17?,19-/m0/s1. The number of unbranched alkanes of at least 4 members (excludes halogenated alkanes) is 1. The van der Waals surface area contributed by atoms with Crippen molar-refractivity contribution in [1.82, 2.24) is 16.0 Å². The van der Waals surface area contributed by atoms with Crippen molar-refractivity contribution in [2.45, 2.75) is 43.0 Å². The highest BCUT2D eigenvalue weighted by molar-refractivity contribution is 8.00. The number of ether oxygens (including phenoxy) is 4. The van der Waals surface area contributed by atoms with E-state index in [1.165, 1.54) is 0 Å². The summed E-state index contributed by atoms with van der Waals surface area (Å²) in [6, 6.07) is 0.434. The van der Waals surface area contributed by atoms with Gasteiger partial charge in [0.15, 0.2) is 0 Å². The fourth-order valence-electron chi connectivity index (χ4n) is 3.45. The second-order valence-electron chi connectivity index (χ2n) is 7.39. The van der Waals surface area contributed by atoms with Crippen molar-refractivity contribution >= 4 is 23.7 Å². The van der Waals surface area contributed by atoms with E-state index < -0.39 is 0 Å². The molecule has 2 saturated heterocycles. The van der Waals surface area contributed by atoms with Crippen molar-refractivity contribution in [3.8, 4) is 0 Å². The lowest BCUT2D eigenvalue weighted by atomic mass is 10.0. The Kier molecular flexibility index (Phi) is 13.9. The average Bonchev–Trinajstić information content (AvgIpc) is 3.30. The van der Waals surface area contributed by atoms with Gasteiger partial charge in [-0.25, -0.2) is 4.79 Å². The molecule has 0 aliphatic carbocycles. The summed E-state index contributed by atoms with van der Waals surface area (Å²) >= 11 is 1.90. The molecule has 2 aliphatic rings. The lowest BCUT2D eigenvalue weighted by Gasteiger charge is -2.16. The molecule has 10 nitrogen and oxygen atoms in total. The topological polar surface area (TPSA) is 127 Å². The van der Waals surface area contributed by atoms with E-state index in [9.17, 15) is 9.59 Å². The number of carbonyl (C=O) groups excluding carboxylic acids is 2. The molecule has 31 heavy (non-hydrogen) atoms. The molecule has 0 aromatic heterocycles. The van der Waals surface area contributed by atoms with Crippen LogP contribution in [-0.4, -0.2) is 106 Å². The van der Waals surface area contributed by atoms with E-state index in [2.05, 4.69) is 16.0 Å². The Balaban J connectivity index is 1.30. The number of aliphatic hydroxyl groups is 1. The molecule has 3 atom stereocenters. The highest BCUT2D eigenvalue weighted by Gasteiger charge is 2.42. The van der Waals surface area contributed by atoms with Crippen LogP contribution in [0, 0.1) is 0 Å². The van der Waals surface area contributed by atoms with Gasteiger partial charge in [-0.2, -0.15) is 11.8 Å². The molecule has 2 aliphatic heterocycles. The predicted molar refractivity (Wildman–Crippen MR) is 117 cm³/mol. The van der Waals surface area contributed by atoms with E-state index in [-0.39, 0.29) is 30.6 Å². The number of rotatable bonds is 19. The molecule has 0 aromatic carbocycles. The molecular weight excluding hydrogens is 426 g/mol. The summed E-state index contributed by atoms with van der Waals surface area (Å²) in [5, 5.41) is 17.8. The van der Waals surface area contributed by atoms with Crippen molar-refractivity contribution in [2.24, 2.45) is 0 Å². The minimum atomic E-state index is -0.0562. The first-order valence-corrected chi connectivity index (χ1v) is 12.1. The maximum atomic E-state index is 11.9. The van der Waals surface area contributed by atoms with Crippen molar-refractivity contribution in [3.63, 3.8) is 0 Å². The van der Waals surface area contributed by atoms with Gasteiger partial charge in [0.25, 0.3) is 0 Å². The lowest BCUT2D eigenvalue weighted by molar-refractivity contribution is -0.121. The van der Waals surface area contributed by atoms with Gasteiger partial charge in [-0.05, 0) is 12.8 Å². The van der Waals surface area contributed by atoms with Crippen molar-refractivity contribution in [3.05, 3.63) is 0 Å². The van der Waals surface area contributed by atoms with Crippen LogP contribution in [0.4, 0.5) is 4.79 Å². The highest BCUT2D eigenvalue weighted by atomic mass is 32.2. The SMILES string of the molecule is O=C(CCCCC1SC[C@@H]2NC(=O)N[C@H]12)NCCOCCOCCOCCOCCO. The van der Waals surface area contributed by atoms with E-state index in [1.807, 2.05) is 11.8 Å². The van der Waals surface area contributed by atoms with E-state index in [0.717, 1.165) is 25.0 Å². The third-order valence-corrected chi connectivity index (χ3v) is 6.51. The first-order chi connectivity index (χ1) is 15.2. The Morgan fingerprint density at radius 3 is 2.29 bits per heavy atom. The second kappa shape index (κ2) is 16.5. The molecule has 0 aromatic rings. The fourth-order valence-corrected chi connectivity index (χ4v) is 5.00. The zero-order chi connectivity index (χ0) is 22.2. The maximum absolute atomic E-state index is 11.9. The molecule has 3 amide bonds. The second-order valence-corrected chi connectivity index (χ2v) is 8.66. The van der Waals surface area contributed by atoms with Crippen LogP contribution in [0.15, 0.2) is 0 Å². The summed E-state index contributed by atoms with van der Waals surface area (Å²) in [5.74, 6) is 1.02. The summed E-state index contributed by atoms with van der Waals surface area (Å²) in [5.41, 5.74) is 0. The summed E-state index contributed by atoms with van der Waals surface area (Å²) in [7, 11) is 0. The number of hydrogen-bond donors (Lipinski definition) is 4. The van der Waals surface area contributed by atoms with Gasteiger partial charge >= 0.3 is 6.03 Å². The number of thioether (sulfide) groups is 1. The molecule has 1 unspecified atom stereocenters. The van der Waals surface area contributed by atoms with Gasteiger partial charge in [0.2, 0.25) is 5.91 Å². The first kappa shape index (κ1) is 26.1. The van der Waals surface area contributed by atoms with Crippen molar-refractivity contribution < 1.29 is 33.6 Å². The molecule has 2 rings (SSSR count). The number of carbonyl (C=O) groups is 2. The van der Waals surface area contributed by atoms with Crippen LogP contribution in [0.5, 0.6) is 0 Å². The Bertz CT molecular complexity index is 515. The number of hydrogen-bond acceptors (Lipinski definition) is 8. The smallest absolute Gasteiger partial charge is 0.315 e. The van der Waals surface area contributed by atoms with Crippen LogP contribution in [0.2, 0.25) is 0 Å². The molecular formula is C20H37N3O7S. The van der Waals surface area contributed by atoms with Crippen LogP contribution in [0.25, 0.3) is 0 Å². The monoisotopic (exact) mass is 463 g/mol. The normalized spacial score (nSPS) is 22.2. The molecule has 2 heterocycles. The van der Waals surface area contributed by atoms with Crippen LogP contribution >= 0.6 is 11.8 Å². The molecule has 0 radical (unpaired) electrons. The van der Waals surface area contributed by atoms with Gasteiger partial charge in [0, 0.05) is 24.0 Å². The summed E-state index contributed by atoms with van der Waals surface area (Å²) in [6.45, 7) is 4.19. The van der Waals surface area contributed by atoms with E-state index >= 15 is 0 Å². The number of fused-ring (bicyclic) bond motifs is 1. The largest absolute Gasteiger partial charge is 0.394 e. The maximum Gasteiger partial charge on any atom is 0.315 e. The molecule has 4 N–H and O–H groups in total. The molecule has 0 bridgehead atoms. The zero-order valence-corrected chi connectivity index (χ0v) is 19.0. The number of urea groups is 1.